The first kappa shape index (κ1) is 30.5. The third-order valence-corrected chi connectivity index (χ3v) is 7.33. The molecule has 0 unspecified atom stereocenters. The Morgan fingerprint density at radius 3 is 2.14 bits per heavy atom. The maximum absolute atomic E-state index is 13.5. The summed E-state index contributed by atoms with van der Waals surface area (Å²) in [5.41, 5.74) is 3.14. The minimum Gasteiger partial charge on any atom is -0.507 e. The summed E-state index contributed by atoms with van der Waals surface area (Å²) in [5.74, 6) is 0.0485. The second-order valence-electron chi connectivity index (χ2n) is 10.3. The first-order chi connectivity index (χ1) is 20.2. The lowest BCUT2D eigenvalue weighted by Crippen LogP contribution is -2.32. The number of benzene rings is 3. The molecular weight excluding hydrogens is 536 g/mol. The van der Waals surface area contributed by atoms with Gasteiger partial charge < -0.3 is 33.9 Å². The van der Waals surface area contributed by atoms with Gasteiger partial charge in [-0.25, -0.2) is 0 Å². The van der Waals surface area contributed by atoms with Crippen LogP contribution in [0.3, 0.4) is 0 Å². The molecule has 4 rings (SSSR count). The van der Waals surface area contributed by atoms with Gasteiger partial charge in [0.15, 0.2) is 11.5 Å². The van der Waals surface area contributed by atoms with Gasteiger partial charge in [-0.3, -0.25) is 9.59 Å². The van der Waals surface area contributed by atoms with Gasteiger partial charge in [0.2, 0.25) is 5.75 Å². The van der Waals surface area contributed by atoms with E-state index in [1.54, 1.807) is 36.4 Å². The SMILES string of the molecule is COc1cc([C@@H]2/C(=C(\O)c3ccc(OCc4ccccc4C)cc3)C(=O)C(=O)N2CCCN(C)C)cc(OC)c1OC. The Labute approximate surface area is 246 Å². The number of likely N-dealkylation sites (tertiary alicyclic amines) is 1. The quantitative estimate of drug-likeness (QED) is 0.184. The van der Waals surface area contributed by atoms with Crippen molar-refractivity contribution in [3.8, 4) is 23.0 Å². The standard InChI is InChI=1S/C33H38N2O7/c1-21-10-7-8-11-23(21)20-42-25-14-12-22(13-15-25)30(36)28-29(35(33(38)31(28)37)17-9-16-34(2)3)24-18-26(39-4)32(41-6)27(19-24)40-5/h7-8,10-15,18-19,29,36H,9,16-17,20H2,1-6H3/b30-28+/t29-/m1/s1. The normalized spacial score (nSPS) is 16.2. The molecule has 1 heterocycles. The predicted molar refractivity (Wildman–Crippen MR) is 160 cm³/mol. The van der Waals surface area contributed by atoms with E-state index in [-0.39, 0.29) is 11.3 Å². The van der Waals surface area contributed by atoms with Gasteiger partial charge in [0, 0.05) is 12.1 Å². The summed E-state index contributed by atoms with van der Waals surface area (Å²) < 4.78 is 22.5. The van der Waals surface area contributed by atoms with Gasteiger partial charge in [-0.15, -0.1) is 0 Å². The fourth-order valence-electron chi connectivity index (χ4n) is 5.07. The molecule has 0 spiro atoms. The molecular formula is C33H38N2O7. The number of aliphatic hydroxyl groups excluding tert-OH is 1. The number of carbonyl (C=O) groups is 2. The zero-order chi connectivity index (χ0) is 30.4. The Balaban J connectivity index is 1.73. The van der Waals surface area contributed by atoms with E-state index in [1.807, 2.05) is 50.2 Å². The van der Waals surface area contributed by atoms with E-state index in [2.05, 4.69) is 0 Å². The van der Waals surface area contributed by atoms with Crippen molar-refractivity contribution < 1.29 is 33.6 Å². The van der Waals surface area contributed by atoms with Crippen molar-refractivity contribution in [1.29, 1.82) is 0 Å². The van der Waals surface area contributed by atoms with Gasteiger partial charge in [-0.1, -0.05) is 24.3 Å². The third kappa shape index (κ3) is 6.36. The summed E-state index contributed by atoms with van der Waals surface area (Å²) in [5, 5.41) is 11.5. The number of Topliss-reactive ketones (excluding diaryl/α,β-unsaturated/α-hetero) is 1. The Morgan fingerprint density at radius 2 is 1.57 bits per heavy atom. The van der Waals surface area contributed by atoms with Crippen molar-refractivity contribution >= 4 is 17.4 Å². The third-order valence-electron chi connectivity index (χ3n) is 7.33. The average Bonchev–Trinajstić information content (AvgIpc) is 3.24. The van der Waals surface area contributed by atoms with Gasteiger partial charge in [-0.05, 0) is 87.1 Å². The van der Waals surface area contributed by atoms with Crippen LogP contribution < -0.4 is 18.9 Å². The Hall–Kier alpha value is -4.50. The number of hydrogen-bond acceptors (Lipinski definition) is 8. The van der Waals surface area contributed by atoms with Crippen LogP contribution in [0.1, 0.15) is 34.7 Å². The van der Waals surface area contributed by atoms with E-state index >= 15 is 0 Å². The topological polar surface area (TPSA) is 97.8 Å². The van der Waals surface area contributed by atoms with Crippen LogP contribution in [0.25, 0.3) is 5.76 Å². The van der Waals surface area contributed by atoms with Crippen LogP contribution in [0.15, 0.2) is 66.2 Å². The number of methoxy groups -OCH3 is 3. The molecule has 0 radical (unpaired) electrons. The number of hydrogen-bond donors (Lipinski definition) is 1. The number of carbonyl (C=O) groups excluding carboxylic acids is 2. The Kier molecular flexibility index (Phi) is 9.75. The van der Waals surface area contributed by atoms with E-state index in [9.17, 15) is 14.7 Å². The largest absolute Gasteiger partial charge is 0.507 e. The van der Waals surface area contributed by atoms with E-state index in [4.69, 9.17) is 18.9 Å². The van der Waals surface area contributed by atoms with Crippen LogP contribution in [0.5, 0.6) is 23.0 Å². The van der Waals surface area contributed by atoms with Crippen LogP contribution in [0, 0.1) is 6.92 Å². The average molecular weight is 575 g/mol. The summed E-state index contributed by atoms with van der Waals surface area (Å²) in [6.45, 7) is 3.46. The van der Waals surface area contributed by atoms with Crippen molar-refractivity contribution in [3.63, 3.8) is 0 Å². The Morgan fingerprint density at radius 1 is 0.929 bits per heavy atom. The minimum atomic E-state index is -0.863. The zero-order valence-electron chi connectivity index (χ0n) is 25.0. The molecule has 1 aliphatic heterocycles. The van der Waals surface area contributed by atoms with Gasteiger partial charge in [0.05, 0.1) is 32.9 Å². The summed E-state index contributed by atoms with van der Waals surface area (Å²) >= 11 is 0. The second-order valence-corrected chi connectivity index (χ2v) is 10.3. The van der Waals surface area contributed by atoms with Crippen molar-refractivity contribution in [2.45, 2.75) is 26.0 Å². The smallest absolute Gasteiger partial charge is 0.295 e. The number of rotatable bonds is 12. The molecule has 3 aromatic rings. The number of ketones is 1. The van der Waals surface area contributed by atoms with Crippen LogP contribution in [-0.4, -0.2) is 75.1 Å². The van der Waals surface area contributed by atoms with E-state index < -0.39 is 17.7 Å². The highest BCUT2D eigenvalue weighted by Crippen LogP contribution is 2.45. The van der Waals surface area contributed by atoms with Gasteiger partial charge in [0.1, 0.15) is 18.1 Å². The lowest BCUT2D eigenvalue weighted by Gasteiger charge is -2.27. The Bertz CT molecular complexity index is 1440. The molecule has 1 amide bonds. The highest BCUT2D eigenvalue weighted by molar-refractivity contribution is 6.46. The molecule has 0 aliphatic carbocycles. The molecule has 9 nitrogen and oxygen atoms in total. The van der Waals surface area contributed by atoms with E-state index in [1.165, 1.54) is 26.2 Å². The number of aliphatic hydroxyl groups is 1. The summed E-state index contributed by atoms with van der Waals surface area (Å²) in [6, 6.07) is 17.3. The number of aryl methyl sites for hydroxylation is 1. The van der Waals surface area contributed by atoms with Crippen molar-refractivity contribution in [3.05, 3.63) is 88.5 Å². The first-order valence-corrected chi connectivity index (χ1v) is 13.7. The summed E-state index contributed by atoms with van der Waals surface area (Å²) in [7, 11) is 8.38. The molecule has 1 atom stereocenters. The molecule has 0 bridgehead atoms. The van der Waals surface area contributed by atoms with Gasteiger partial charge in [0.25, 0.3) is 11.7 Å². The molecule has 42 heavy (non-hydrogen) atoms. The molecule has 1 aliphatic rings. The van der Waals surface area contributed by atoms with Crippen LogP contribution in [-0.2, 0) is 16.2 Å². The molecule has 222 valence electrons. The highest BCUT2D eigenvalue weighted by Gasteiger charge is 2.46. The maximum atomic E-state index is 13.5. The van der Waals surface area contributed by atoms with Crippen LogP contribution >= 0.6 is 0 Å². The molecule has 1 fully saturated rings. The van der Waals surface area contributed by atoms with Crippen LogP contribution in [0.2, 0.25) is 0 Å². The molecule has 3 aromatic carbocycles. The molecule has 0 aromatic heterocycles. The first-order valence-electron chi connectivity index (χ1n) is 13.7. The number of amides is 1. The van der Waals surface area contributed by atoms with Crippen molar-refractivity contribution in [2.75, 3.05) is 48.5 Å². The van der Waals surface area contributed by atoms with E-state index in [0.29, 0.717) is 53.7 Å². The molecule has 1 N–H and O–H groups in total. The maximum Gasteiger partial charge on any atom is 0.295 e. The van der Waals surface area contributed by atoms with Gasteiger partial charge >= 0.3 is 0 Å². The molecule has 1 saturated heterocycles. The summed E-state index contributed by atoms with van der Waals surface area (Å²) in [6.07, 6.45) is 0.633. The summed E-state index contributed by atoms with van der Waals surface area (Å²) in [4.78, 5) is 30.3. The zero-order valence-corrected chi connectivity index (χ0v) is 25.0. The fourth-order valence-corrected chi connectivity index (χ4v) is 5.07. The number of nitrogens with zero attached hydrogens (tertiary/aromatic N) is 2. The lowest BCUT2D eigenvalue weighted by atomic mass is 9.94. The molecule has 0 saturated carbocycles. The lowest BCUT2D eigenvalue weighted by molar-refractivity contribution is -0.139. The van der Waals surface area contributed by atoms with Crippen molar-refractivity contribution in [1.82, 2.24) is 9.80 Å². The second kappa shape index (κ2) is 13.4. The minimum absolute atomic E-state index is 0.00675. The van der Waals surface area contributed by atoms with Crippen molar-refractivity contribution in [2.24, 2.45) is 0 Å². The fraction of sp³-hybridized carbons (Fsp3) is 0.333. The molecule has 9 heteroatoms. The van der Waals surface area contributed by atoms with Crippen LogP contribution in [0.4, 0.5) is 0 Å². The predicted octanol–water partition coefficient (Wildman–Crippen LogP) is 4.97. The van der Waals surface area contributed by atoms with E-state index in [0.717, 1.165) is 17.7 Å². The highest BCUT2D eigenvalue weighted by atomic mass is 16.5. The van der Waals surface area contributed by atoms with Gasteiger partial charge in [-0.2, -0.15) is 0 Å². The monoisotopic (exact) mass is 574 g/mol. The number of ether oxygens (including phenoxy) is 4.